The molecule has 0 saturated carbocycles. The van der Waals surface area contributed by atoms with Crippen molar-refractivity contribution < 1.29 is 9.53 Å². The van der Waals surface area contributed by atoms with Crippen LogP contribution >= 0.6 is 0 Å². The quantitative estimate of drug-likeness (QED) is 0.641. The summed E-state index contributed by atoms with van der Waals surface area (Å²) < 4.78 is 5.39. The number of carbonyl (C=O) groups excluding carboxylic acids is 1. The number of rotatable bonds is 5. The second-order valence-corrected chi connectivity index (χ2v) is 7.14. The van der Waals surface area contributed by atoms with E-state index in [9.17, 15) is 4.79 Å². The molecule has 146 valence electrons. The number of nitrogens with zero attached hydrogens (tertiary/aromatic N) is 3. The van der Waals surface area contributed by atoms with Gasteiger partial charge < -0.3 is 14.5 Å². The van der Waals surface area contributed by atoms with Crippen molar-refractivity contribution >= 4 is 23.5 Å². The molecule has 0 radical (unpaired) electrons. The number of para-hydroxylation sites is 1. The molecule has 0 bridgehead atoms. The maximum absolute atomic E-state index is 12.3. The van der Waals surface area contributed by atoms with Crippen LogP contribution in [0.5, 0.6) is 0 Å². The highest BCUT2D eigenvalue weighted by Crippen LogP contribution is 2.26. The highest BCUT2D eigenvalue weighted by molar-refractivity contribution is 5.85. The summed E-state index contributed by atoms with van der Waals surface area (Å²) in [6, 6.07) is 16.5. The molecule has 6 nitrogen and oxygen atoms in total. The molecule has 1 saturated heterocycles. The van der Waals surface area contributed by atoms with Gasteiger partial charge in [-0.2, -0.15) is 5.10 Å². The number of aryl methyl sites for hydroxylation is 1. The fourth-order valence-corrected chi connectivity index (χ4v) is 3.76. The van der Waals surface area contributed by atoms with Gasteiger partial charge in [0.2, 0.25) is 0 Å². The highest BCUT2D eigenvalue weighted by atomic mass is 16.5. The van der Waals surface area contributed by atoms with Crippen LogP contribution in [0.3, 0.4) is 0 Å². The summed E-state index contributed by atoms with van der Waals surface area (Å²) in [5.41, 5.74) is 7.27. The number of anilines is 2. The Morgan fingerprint density at radius 2 is 1.86 bits per heavy atom. The van der Waals surface area contributed by atoms with E-state index in [4.69, 9.17) is 4.74 Å². The van der Waals surface area contributed by atoms with Crippen molar-refractivity contribution in [2.24, 2.45) is 5.10 Å². The number of benzene rings is 2. The first kappa shape index (κ1) is 18.5. The molecule has 0 aromatic heterocycles. The molecule has 0 atom stereocenters. The lowest BCUT2D eigenvalue weighted by molar-refractivity contribution is -0.119. The van der Waals surface area contributed by atoms with E-state index in [1.807, 2.05) is 18.2 Å². The maximum Gasteiger partial charge on any atom is 0.259 e. The van der Waals surface area contributed by atoms with E-state index >= 15 is 0 Å². The summed E-state index contributed by atoms with van der Waals surface area (Å²) in [4.78, 5) is 16.7. The van der Waals surface area contributed by atoms with Gasteiger partial charge >= 0.3 is 0 Å². The highest BCUT2D eigenvalue weighted by Gasteiger charge is 2.18. The average molecular weight is 378 g/mol. The zero-order valence-corrected chi connectivity index (χ0v) is 16.0. The van der Waals surface area contributed by atoms with Crippen LogP contribution < -0.4 is 15.2 Å². The van der Waals surface area contributed by atoms with E-state index in [-0.39, 0.29) is 5.91 Å². The fourth-order valence-electron chi connectivity index (χ4n) is 3.76. The number of hydrogen-bond acceptors (Lipinski definition) is 5. The Morgan fingerprint density at radius 1 is 1.07 bits per heavy atom. The van der Waals surface area contributed by atoms with Crippen molar-refractivity contribution in [1.82, 2.24) is 5.43 Å². The molecule has 28 heavy (non-hydrogen) atoms. The van der Waals surface area contributed by atoms with Crippen molar-refractivity contribution in [1.29, 1.82) is 0 Å². The van der Waals surface area contributed by atoms with Gasteiger partial charge in [-0.15, -0.1) is 0 Å². The molecule has 1 N–H and O–H groups in total. The Balaban J connectivity index is 1.29. The van der Waals surface area contributed by atoms with Crippen LogP contribution in [0.4, 0.5) is 11.4 Å². The minimum absolute atomic E-state index is 0.0992. The maximum atomic E-state index is 12.3. The number of hydrazone groups is 1. The number of carbonyl (C=O) groups is 1. The van der Waals surface area contributed by atoms with Gasteiger partial charge in [0.15, 0.2) is 0 Å². The molecular weight excluding hydrogens is 352 g/mol. The van der Waals surface area contributed by atoms with Crippen LogP contribution in [0.2, 0.25) is 0 Å². The van der Waals surface area contributed by atoms with Crippen LogP contribution in [0, 0.1) is 0 Å². The molecule has 2 aromatic rings. The van der Waals surface area contributed by atoms with Gasteiger partial charge in [0.1, 0.15) is 0 Å². The summed E-state index contributed by atoms with van der Waals surface area (Å²) in [5.74, 6) is -0.0992. The SMILES string of the molecule is O=C(CN1CCCc2ccccc21)NN=Cc1ccc(N2CCOCC2)cc1. The Hall–Kier alpha value is -2.86. The molecular formula is C22H26N4O2. The lowest BCUT2D eigenvalue weighted by Crippen LogP contribution is -2.38. The first-order valence-electron chi connectivity index (χ1n) is 9.87. The van der Waals surface area contributed by atoms with E-state index in [1.165, 1.54) is 11.3 Å². The molecule has 2 aliphatic heterocycles. The molecule has 1 amide bonds. The number of ether oxygens (including phenoxy) is 1. The molecule has 4 rings (SSSR count). The molecule has 0 spiro atoms. The van der Waals surface area contributed by atoms with Gasteiger partial charge in [-0.25, -0.2) is 5.43 Å². The minimum atomic E-state index is -0.0992. The molecule has 0 unspecified atom stereocenters. The van der Waals surface area contributed by atoms with Crippen LogP contribution in [-0.2, 0) is 16.0 Å². The van der Waals surface area contributed by atoms with E-state index in [1.54, 1.807) is 6.21 Å². The van der Waals surface area contributed by atoms with E-state index in [0.717, 1.165) is 56.9 Å². The number of fused-ring (bicyclic) bond motifs is 1. The molecule has 2 heterocycles. The van der Waals surface area contributed by atoms with Gasteiger partial charge in [-0.3, -0.25) is 4.79 Å². The van der Waals surface area contributed by atoms with Crippen LogP contribution in [-0.4, -0.2) is 51.5 Å². The lowest BCUT2D eigenvalue weighted by atomic mass is 10.0. The monoisotopic (exact) mass is 378 g/mol. The normalized spacial score (nSPS) is 16.9. The zero-order chi connectivity index (χ0) is 19.2. The van der Waals surface area contributed by atoms with Gasteiger partial charge in [0, 0.05) is 31.0 Å². The summed E-state index contributed by atoms with van der Waals surface area (Å²) in [6.07, 6.45) is 3.83. The molecule has 6 heteroatoms. The van der Waals surface area contributed by atoms with Crippen molar-refractivity contribution in [3.05, 3.63) is 59.7 Å². The summed E-state index contributed by atoms with van der Waals surface area (Å²) in [6.45, 7) is 4.61. The molecule has 2 aliphatic rings. The van der Waals surface area contributed by atoms with Crippen molar-refractivity contribution in [3.8, 4) is 0 Å². The topological polar surface area (TPSA) is 57.2 Å². The summed E-state index contributed by atoms with van der Waals surface area (Å²) in [5, 5.41) is 4.12. The second-order valence-electron chi connectivity index (χ2n) is 7.14. The van der Waals surface area contributed by atoms with E-state index in [2.05, 4.69) is 50.7 Å². The standard InChI is InChI=1S/C22H26N4O2/c27-22(17-26-11-3-5-19-4-1-2-6-21(19)26)24-23-16-18-7-9-20(10-8-18)25-12-14-28-15-13-25/h1-2,4,6-10,16H,3,5,11-15,17H2,(H,24,27). The molecule has 1 fully saturated rings. The summed E-state index contributed by atoms with van der Waals surface area (Å²) in [7, 11) is 0. The number of nitrogens with one attached hydrogen (secondary N) is 1. The predicted octanol–water partition coefficient (Wildman–Crippen LogP) is 2.43. The van der Waals surface area contributed by atoms with Crippen LogP contribution in [0.25, 0.3) is 0 Å². The Labute approximate surface area is 165 Å². The van der Waals surface area contributed by atoms with Gasteiger partial charge in [0.25, 0.3) is 5.91 Å². The third-order valence-electron chi connectivity index (χ3n) is 5.21. The van der Waals surface area contributed by atoms with Crippen LogP contribution in [0.1, 0.15) is 17.5 Å². The lowest BCUT2D eigenvalue weighted by Gasteiger charge is -2.30. The minimum Gasteiger partial charge on any atom is -0.378 e. The Kier molecular flexibility index (Phi) is 5.87. The number of morpholine rings is 1. The predicted molar refractivity (Wildman–Crippen MR) is 112 cm³/mol. The first-order chi connectivity index (χ1) is 13.8. The second kappa shape index (κ2) is 8.89. The van der Waals surface area contributed by atoms with Crippen molar-refractivity contribution in [2.45, 2.75) is 12.8 Å². The number of hydrogen-bond donors (Lipinski definition) is 1. The fraction of sp³-hybridized carbons (Fsp3) is 0.364. The third-order valence-corrected chi connectivity index (χ3v) is 5.21. The summed E-state index contributed by atoms with van der Waals surface area (Å²) >= 11 is 0. The third kappa shape index (κ3) is 4.51. The smallest absolute Gasteiger partial charge is 0.259 e. The molecule has 0 aliphatic carbocycles. The Morgan fingerprint density at radius 3 is 2.68 bits per heavy atom. The van der Waals surface area contributed by atoms with E-state index < -0.39 is 0 Å². The average Bonchev–Trinajstić information content (AvgIpc) is 2.75. The van der Waals surface area contributed by atoms with Crippen molar-refractivity contribution in [3.63, 3.8) is 0 Å². The Bertz CT molecular complexity index is 829. The number of amides is 1. The largest absolute Gasteiger partial charge is 0.378 e. The van der Waals surface area contributed by atoms with Crippen LogP contribution in [0.15, 0.2) is 53.6 Å². The van der Waals surface area contributed by atoms with Crippen molar-refractivity contribution in [2.75, 3.05) is 49.2 Å². The first-order valence-corrected chi connectivity index (χ1v) is 9.87. The zero-order valence-electron chi connectivity index (χ0n) is 16.0. The van der Waals surface area contributed by atoms with Gasteiger partial charge in [-0.05, 0) is 42.2 Å². The van der Waals surface area contributed by atoms with E-state index in [0.29, 0.717) is 6.54 Å². The molecule has 2 aromatic carbocycles. The van der Waals surface area contributed by atoms with Gasteiger partial charge in [0.05, 0.1) is 26.0 Å². The van der Waals surface area contributed by atoms with Gasteiger partial charge in [-0.1, -0.05) is 30.3 Å².